The molecule has 1 atom stereocenters. The van der Waals surface area contributed by atoms with Crippen LogP contribution >= 0.6 is 0 Å². The number of nitrogens with two attached hydrogens (primary N) is 1. The van der Waals surface area contributed by atoms with Crippen molar-refractivity contribution in [2.24, 2.45) is 5.73 Å². The van der Waals surface area contributed by atoms with Crippen molar-refractivity contribution >= 4 is 10.1 Å². The molecule has 0 aliphatic heterocycles. The highest BCUT2D eigenvalue weighted by atomic mass is 32.2. The van der Waals surface area contributed by atoms with Gasteiger partial charge in [-0.05, 0) is 12.8 Å². The van der Waals surface area contributed by atoms with E-state index >= 15 is 0 Å². The smallest absolute Gasteiger partial charge is 0.264 e. The van der Waals surface area contributed by atoms with Gasteiger partial charge < -0.3 is 10.8 Å². The van der Waals surface area contributed by atoms with Crippen LogP contribution in [0, 0.1) is 0 Å². The summed E-state index contributed by atoms with van der Waals surface area (Å²) in [5.74, 6) is -0.291. The van der Waals surface area contributed by atoms with Crippen molar-refractivity contribution in [3.8, 4) is 0 Å². The zero-order valence-corrected chi connectivity index (χ0v) is 6.92. The Morgan fingerprint density at radius 3 is 2.36 bits per heavy atom. The molecule has 6 heteroatoms. The molecule has 0 aromatic rings. The quantitative estimate of drug-likeness (QED) is 0.473. The third-order valence-electron chi connectivity index (χ3n) is 1.21. The zero-order valence-electron chi connectivity index (χ0n) is 6.10. The summed E-state index contributed by atoms with van der Waals surface area (Å²) < 4.78 is 28.6. The summed E-state index contributed by atoms with van der Waals surface area (Å²) in [6.45, 7) is -0.161. The normalized spacial score (nSPS) is 14.8. The molecular formula is C5H13NO4S. The predicted molar refractivity (Wildman–Crippen MR) is 40.7 cm³/mol. The Hall–Kier alpha value is -0.170. The molecule has 0 rings (SSSR count). The van der Waals surface area contributed by atoms with Gasteiger partial charge in [0.2, 0.25) is 0 Å². The molecule has 0 spiro atoms. The molecule has 0 saturated carbocycles. The second kappa shape index (κ2) is 4.66. The van der Waals surface area contributed by atoms with Gasteiger partial charge in [-0.25, -0.2) is 0 Å². The van der Waals surface area contributed by atoms with Crippen molar-refractivity contribution in [3.63, 3.8) is 0 Å². The molecule has 0 fully saturated rings. The van der Waals surface area contributed by atoms with Crippen LogP contribution in [0.1, 0.15) is 12.8 Å². The van der Waals surface area contributed by atoms with E-state index in [1.165, 1.54) is 0 Å². The largest absolute Gasteiger partial charge is 0.395 e. The minimum atomic E-state index is -3.87. The molecule has 5 nitrogen and oxygen atoms in total. The summed E-state index contributed by atoms with van der Waals surface area (Å²) in [7, 11) is -3.87. The Balaban J connectivity index is 3.43. The van der Waals surface area contributed by atoms with Crippen molar-refractivity contribution in [2.45, 2.75) is 18.9 Å². The Morgan fingerprint density at radius 1 is 1.45 bits per heavy atom. The maximum atomic E-state index is 10.2. The van der Waals surface area contributed by atoms with Crippen LogP contribution in [0.4, 0.5) is 0 Å². The fourth-order valence-corrected chi connectivity index (χ4v) is 1.15. The van der Waals surface area contributed by atoms with Gasteiger partial charge in [0.05, 0.1) is 12.4 Å². The lowest BCUT2D eigenvalue weighted by Crippen LogP contribution is -2.24. The minimum Gasteiger partial charge on any atom is -0.395 e. The number of aliphatic hydroxyl groups excluding tert-OH is 1. The van der Waals surface area contributed by atoms with Gasteiger partial charge in [-0.3, -0.25) is 4.55 Å². The number of aliphatic hydroxyl groups is 1. The van der Waals surface area contributed by atoms with Crippen molar-refractivity contribution in [1.29, 1.82) is 0 Å². The van der Waals surface area contributed by atoms with Crippen molar-refractivity contribution in [3.05, 3.63) is 0 Å². The average Bonchev–Trinajstić information content (AvgIpc) is 1.85. The number of hydrogen-bond donors (Lipinski definition) is 3. The van der Waals surface area contributed by atoms with E-state index in [4.69, 9.17) is 15.4 Å². The molecule has 0 aliphatic carbocycles. The molecule has 0 bridgehead atoms. The highest BCUT2D eigenvalue weighted by Crippen LogP contribution is 1.96. The maximum absolute atomic E-state index is 10.2. The van der Waals surface area contributed by atoms with E-state index in [0.717, 1.165) is 0 Å². The predicted octanol–water partition coefficient (Wildman–Crippen LogP) is -1.03. The fraction of sp³-hybridized carbons (Fsp3) is 1.00. The van der Waals surface area contributed by atoms with E-state index in [-0.39, 0.29) is 18.8 Å². The minimum absolute atomic E-state index is 0.161. The van der Waals surface area contributed by atoms with Crippen LogP contribution in [0.15, 0.2) is 0 Å². The monoisotopic (exact) mass is 183 g/mol. The summed E-state index contributed by atoms with van der Waals surface area (Å²) in [4.78, 5) is 0. The van der Waals surface area contributed by atoms with Crippen LogP contribution in [0.5, 0.6) is 0 Å². The second-order valence-electron chi connectivity index (χ2n) is 2.37. The molecule has 68 valence electrons. The molecule has 0 heterocycles. The van der Waals surface area contributed by atoms with Gasteiger partial charge in [0.1, 0.15) is 0 Å². The molecule has 0 aromatic carbocycles. The first-order chi connectivity index (χ1) is 4.95. The Kier molecular flexibility index (Phi) is 4.58. The van der Waals surface area contributed by atoms with Gasteiger partial charge in [0, 0.05) is 6.04 Å². The van der Waals surface area contributed by atoms with Gasteiger partial charge in [-0.15, -0.1) is 0 Å². The van der Waals surface area contributed by atoms with E-state index in [1.54, 1.807) is 0 Å². The van der Waals surface area contributed by atoms with Crippen LogP contribution in [-0.4, -0.2) is 36.5 Å². The Morgan fingerprint density at radius 2 is 2.00 bits per heavy atom. The zero-order chi connectivity index (χ0) is 8.91. The third-order valence-corrected chi connectivity index (χ3v) is 2.02. The Labute approximate surface area is 66.0 Å². The van der Waals surface area contributed by atoms with Crippen LogP contribution < -0.4 is 5.73 Å². The number of hydrogen-bond acceptors (Lipinski definition) is 4. The maximum Gasteiger partial charge on any atom is 0.264 e. The lowest BCUT2D eigenvalue weighted by molar-refractivity contribution is 0.259. The fourth-order valence-electron chi connectivity index (χ4n) is 0.619. The topological polar surface area (TPSA) is 101 Å². The van der Waals surface area contributed by atoms with Gasteiger partial charge in [0.25, 0.3) is 10.1 Å². The van der Waals surface area contributed by atoms with E-state index in [9.17, 15) is 8.42 Å². The van der Waals surface area contributed by atoms with E-state index in [0.29, 0.717) is 6.42 Å². The number of rotatable bonds is 5. The first-order valence-corrected chi connectivity index (χ1v) is 4.88. The molecule has 11 heavy (non-hydrogen) atoms. The van der Waals surface area contributed by atoms with E-state index in [1.807, 2.05) is 0 Å². The molecule has 1 unspecified atom stereocenters. The van der Waals surface area contributed by atoms with Crippen LogP contribution in [-0.2, 0) is 10.1 Å². The highest BCUT2D eigenvalue weighted by Gasteiger charge is 2.06. The molecule has 0 aromatic heterocycles. The summed E-state index contributed by atoms with van der Waals surface area (Å²) in [5, 5.41) is 8.43. The Bertz CT molecular complexity index is 189. The second-order valence-corrected chi connectivity index (χ2v) is 3.94. The van der Waals surface area contributed by atoms with Crippen molar-refractivity contribution in [1.82, 2.24) is 0 Å². The van der Waals surface area contributed by atoms with Gasteiger partial charge in [0.15, 0.2) is 0 Å². The summed E-state index contributed by atoms with van der Waals surface area (Å²) in [5.41, 5.74) is 5.28. The molecule has 0 amide bonds. The standard InChI is InChI=1S/C5H13NO4S/c6-5(4-7)2-1-3-11(8,9)10/h5,7H,1-4,6H2,(H,8,9,10). The van der Waals surface area contributed by atoms with Gasteiger partial charge in [-0.2, -0.15) is 8.42 Å². The van der Waals surface area contributed by atoms with Gasteiger partial charge in [-0.1, -0.05) is 0 Å². The van der Waals surface area contributed by atoms with Crippen LogP contribution in [0.2, 0.25) is 0 Å². The molecule has 4 N–H and O–H groups in total. The molecule has 0 aliphatic rings. The van der Waals surface area contributed by atoms with Crippen molar-refractivity contribution in [2.75, 3.05) is 12.4 Å². The summed E-state index contributed by atoms with van der Waals surface area (Å²) >= 11 is 0. The molecular weight excluding hydrogens is 170 g/mol. The molecule has 0 radical (unpaired) electrons. The molecule has 0 saturated heterocycles. The third kappa shape index (κ3) is 7.73. The summed E-state index contributed by atoms with van der Waals surface area (Å²) in [6.07, 6.45) is 0.677. The highest BCUT2D eigenvalue weighted by molar-refractivity contribution is 7.85. The van der Waals surface area contributed by atoms with Crippen molar-refractivity contribution < 1.29 is 18.1 Å². The first-order valence-electron chi connectivity index (χ1n) is 3.27. The van der Waals surface area contributed by atoms with Crippen LogP contribution in [0.25, 0.3) is 0 Å². The first kappa shape index (κ1) is 10.8. The van der Waals surface area contributed by atoms with Crippen LogP contribution in [0.3, 0.4) is 0 Å². The summed E-state index contributed by atoms with van der Waals surface area (Å²) in [6, 6.07) is -0.392. The lowest BCUT2D eigenvalue weighted by Gasteiger charge is -2.05. The average molecular weight is 183 g/mol. The SMILES string of the molecule is NC(CO)CCCS(=O)(=O)O. The van der Waals surface area contributed by atoms with E-state index < -0.39 is 16.2 Å². The van der Waals surface area contributed by atoms with E-state index in [2.05, 4.69) is 0 Å². The van der Waals surface area contributed by atoms with Gasteiger partial charge >= 0.3 is 0 Å². The lowest BCUT2D eigenvalue weighted by atomic mass is 10.2.